The zero-order chi connectivity index (χ0) is 23.2. The number of hydrogen-bond donors (Lipinski definition) is 3. The number of nitrogens with zero attached hydrogens (tertiary/aromatic N) is 5. The normalized spacial score (nSPS) is 29.4. The van der Waals surface area contributed by atoms with Gasteiger partial charge in [0, 0.05) is 49.0 Å². The van der Waals surface area contributed by atoms with E-state index in [0.717, 1.165) is 46.9 Å². The summed E-state index contributed by atoms with van der Waals surface area (Å²) in [5.41, 5.74) is 12.8. The third kappa shape index (κ3) is 2.66. The number of fused-ring (bicyclic) bond motifs is 3. The van der Waals surface area contributed by atoms with E-state index >= 15 is 0 Å². The summed E-state index contributed by atoms with van der Waals surface area (Å²) >= 11 is 1.87. The van der Waals surface area contributed by atoms with Crippen molar-refractivity contribution in [2.24, 2.45) is 23.0 Å². The van der Waals surface area contributed by atoms with Crippen molar-refractivity contribution in [1.82, 2.24) is 25.5 Å². The first-order valence-electron chi connectivity index (χ1n) is 11.6. The number of carbonyl (C=O) groups excluding carboxylic acids is 1. The summed E-state index contributed by atoms with van der Waals surface area (Å²) in [4.78, 5) is 25.7. The molecule has 10 heteroatoms. The maximum absolute atomic E-state index is 12.0. The van der Waals surface area contributed by atoms with Crippen LogP contribution in [0.2, 0.25) is 0 Å². The minimum atomic E-state index is 0.111. The van der Waals surface area contributed by atoms with Crippen LogP contribution in [-0.2, 0) is 11.2 Å². The molecular formula is C24H26N8OS. The van der Waals surface area contributed by atoms with Gasteiger partial charge in [0.25, 0.3) is 0 Å². The Balaban J connectivity index is 1.13. The van der Waals surface area contributed by atoms with Crippen LogP contribution in [0.3, 0.4) is 0 Å². The van der Waals surface area contributed by atoms with Gasteiger partial charge in [-0.3, -0.25) is 9.89 Å². The summed E-state index contributed by atoms with van der Waals surface area (Å²) < 4.78 is 0. The average Bonchev–Trinajstić information content (AvgIpc) is 3.41. The van der Waals surface area contributed by atoms with Crippen molar-refractivity contribution in [3.63, 3.8) is 0 Å². The Morgan fingerprint density at radius 3 is 2.85 bits per heavy atom. The lowest BCUT2D eigenvalue weighted by Gasteiger charge is -2.30. The van der Waals surface area contributed by atoms with Gasteiger partial charge in [0.05, 0.1) is 18.0 Å². The number of likely N-dealkylation sites (N-methyl/N-ethyl adjacent to an activating group) is 1. The standard InChI is InChI=1S/C24H26N8OS/c1-12-10-34-23(27-12)24(11-25)15-8-32(9-16(15)24)18-7-26-21-20(29-30-22(21)28-18)13-3-4-17-14(5-13)6-19(33)31(17)2/h3-5,7,10,15-16,23,27H,6,8-9,11,25H2,1-2H3,(H,28,29,30)/t15-,16+,23-,24-/m1/s1. The number of aromatic nitrogens is 4. The predicted molar refractivity (Wildman–Crippen MR) is 133 cm³/mol. The Morgan fingerprint density at radius 1 is 1.29 bits per heavy atom. The van der Waals surface area contributed by atoms with Crippen LogP contribution in [0.1, 0.15) is 12.5 Å². The molecule has 34 heavy (non-hydrogen) atoms. The number of piperidine rings is 1. The lowest BCUT2D eigenvalue weighted by Crippen LogP contribution is -2.43. The summed E-state index contributed by atoms with van der Waals surface area (Å²) in [6, 6.07) is 6.01. The largest absolute Gasteiger partial charge is 0.376 e. The molecule has 1 saturated heterocycles. The number of nitrogens with two attached hydrogens (primary N) is 1. The summed E-state index contributed by atoms with van der Waals surface area (Å²) in [5.74, 6) is 2.13. The summed E-state index contributed by atoms with van der Waals surface area (Å²) in [6.07, 6.45) is 2.28. The van der Waals surface area contributed by atoms with Crippen molar-refractivity contribution in [3.8, 4) is 11.3 Å². The van der Waals surface area contributed by atoms with Gasteiger partial charge >= 0.3 is 0 Å². The molecule has 2 fully saturated rings. The van der Waals surface area contributed by atoms with Crippen LogP contribution in [0.4, 0.5) is 11.5 Å². The quantitative estimate of drug-likeness (QED) is 0.526. The molecule has 5 heterocycles. The molecule has 9 nitrogen and oxygen atoms in total. The second-order valence-electron chi connectivity index (χ2n) is 9.87. The molecular weight excluding hydrogens is 448 g/mol. The van der Waals surface area contributed by atoms with Crippen molar-refractivity contribution < 1.29 is 4.79 Å². The Labute approximate surface area is 201 Å². The van der Waals surface area contributed by atoms with E-state index in [-0.39, 0.29) is 11.3 Å². The third-order valence-corrected chi connectivity index (χ3v) is 9.50. The zero-order valence-electron chi connectivity index (χ0n) is 19.1. The predicted octanol–water partition coefficient (Wildman–Crippen LogP) is 2.07. The van der Waals surface area contributed by atoms with Crippen LogP contribution >= 0.6 is 11.8 Å². The number of nitrogens with one attached hydrogen (secondary N) is 2. The number of hydrogen-bond acceptors (Lipinski definition) is 8. The van der Waals surface area contributed by atoms with Gasteiger partial charge in [-0.25, -0.2) is 9.97 Å². The molecule has 1 aromatic carbocycles. The number of allylic oxidation sites excluding steroid dienone is 1. The molecule has 4 aliphatic rings. The first-order valence-corrected chi connectivity index (χ1v) is 12.6. The molecule has 0 unspecified atom stereocenters. The smallest absolute Gasteiger partial charge is 0.231 e. The van der Waals surface area contributed by atoms with Gasteiger partial charge in [-0.2, -0.15) is 5.10 Å². The molecule has 3 aliphatic heterocycles. The molecule has 174 valence electrons. The Hall–Kier alpha value is -3.11. The molecule has 1 aliphatic carbocycles. The van der Waals surface area contributed by atoms with Gasteiger partial charge in [-0.15, -0.1) is 11.8 Å². The molecule has 0 radical (unpaired) electrons. The van der Waals surface area contributed by atoms with Gasteiger partial charge in [-0.05, 0) is 41.9 Å². The van der Waals surface area contributed by atoms with Gasteiger partial charge in [0.2, 0.25) is 5.91 Å². The Morgan fingerprint density at radius 2 is 2.12 bits per heavy atom. The fourth-order valence-electron chi connectivity index (χ4n) is 6.23. The molecule has 0 spiro atoms. The van der Waals surface area contributed by atoms with E-state index in [1.54, 1.807) is 4.90 Å². The van der Waals surface area contributed by atoms with E-state index in [2.05, 4.69) is 32.7 Å². The highest BCUT2D eigenvalue weighted by atomic mass is 32.2. The fraction of sp³-hybridized carbons (Fsp3) is 0.417. The van der Waals surface area contributed by atoms with Crippen molar-refractivity contribution >= 4 is 40.3 Å². The first-order chi connectivity index (χ1) is 16.5. The number of amides is 1. The SMILES string of the molecule is CC1=CS[C@H]([C@]2(CN)[C@@H]3CN(c4cnc5c(-c6ccc7c(c6)CC(=O)N7C)n[nH]c5n4)C[C@@H]32)N1. The van der Waals surface area contributed by atoms with Gasteiger partial charge in [0.1, 0.15) is 17.0 Å². The average molecular weight is 475 g/mol. The number of thioether (sulfide) groups is 1. The number of rotatable bonds is 4. The maximum Gasteiger partial charge on any atom is 0.231 e. The lowest BCUT2D eigenvalue weighted by atomic mass is 9.99. The Kier molecular flexibility index (Phi) is 4.15. The molecule has 4 atom stereocenters. The Bertz CT molecular complexity index is 1370. The van der Waals surface area contributed by atoms with E-state index in [9.17, 15) is 4.79 Å². The van der Waals surface area contributed by atoms with Crippen LogP contribution in [0.5, 0.6) is 0 Å². The first kappa shape index (κ1) is 20.3. The van der Waals surface area contributed by atoms with Crippen molar-refractivity contribution in [2.75, 3.05) is 36.5 Å². The van der Waals surface area contributed by atoms with Crippen molar-refractivity contribution in [1.29, 1.82) is 0 Å². The van der Waals surface area contributed by atoms with Gasteiger partial charge < -0.3 is 20.9 Å². The minimum absolute atomic E-state index is 0.111. The van der Waals surface area contributed by atoms with E-state index in [1.165, 1.54) is 5.70 Å². The van der Waals surface area contributed by atoms with Crippen LogP contribution in [0, 0.1) is 17.3 Å². The van der Waals surface area contributed by atoms with E-state index < -0.39 is 0 Å². The number of H-pyrrole nitrogens is 1. The number of carbonyl (C=O) groups is 1. The lowest BCUT2D eigenvalue weighted by molar-refractivity contribution is -0.117. The molecule has 3 aromatic rings. The van der Waals surface area contributed by atoms with E-state index in [4.69, 9.17) is 15.7 Å². The summed E-state index contributed by atoms with van der Waals surface area (Å²) in [7, 11) is 1.81. The zero-order valence-corrected chi connectivity index (χ0v) is 19.9. The number of aromatic amines is 1. The third-order valence-electron chi connectivity index (χ3n) is 8.18. The fourth-order valence-corrected chi connectivity index (χ4v) is 7.59. The monoisotopic (exact) mass is 474 g/mol. The molecule has 1 saturated carbocycles. The van der Waals surface area contributed by atoms with Gasteiger partial charge in [-0.1, -0.05) is 6.07 Å². The minimum Gasteiger partial charge on any atom is -0.376 e. The molecule has 7 rings (SSSR count). The highest BCUT2D eigenvalue weighted by Crippen LogP contribution is 2.66. The number of benzene rings is 1. The summed E-state index contributed by atoms with van der Waals surface area (Å²) in [5, 5.41) is 13.8. The second kappa shape index (κ2) is 6.96. The number of anilines is 2. The van der Waals surface area contributed by atoms with Crippen LogP contribution < -0.4 is 20.9 Å². The van der Waals surface area contributed by atoms with Crippen LogP contribution in [0.25, 0.3) is 22.4 Å². The topological polar surface area (TPSA) is 116 Å². The van der Waals surface area contributed by atoms with Gasteiger partial charge in [0.15, 0.2) is 5.65 Å². The highest BCUT2D eigenvalue weighted by Gasteiger charge is 2.71. The highest BCUT2D eigenvalue weighted by molar-refractivity contribution is 8.03. The molecule has 1 amide bonds. The van der Waals surface area contributed by atoms with Crippen LogP contribution in [-0.4, -0.2) is 58.1 Å². The van der Waals surface area contributed by atoms with E-state index in [1.807, 2.05) is 43.2 Å². The molecule has 2 aromatic heterocycles. The van der Waals surface area contributed by atoms with Crippen molar-refractivity contribution in [2.45, 2.75) is 18.7 Å². The summed E-state index contributed by atoms with van der Waals surface area (Å²) in [6.45, 7) is 4.73. The second-order valence-corrected chi connectivity index (χ2v) is 10.8. The molecule has 4 N–H and O–H groups in total. The van der Waals surface area contributed by atoms with Crippen molar-refractivity contribution in [3.05, 3.63) is 41.1 Å². The van der Waals surface area contributed by atoms with Crippen LogP contribution in [0.15, 0.2) is 35.5 Å². The molecule has 0 bridgehead atoms. The maximum atomic E-state index is 12.0. The van der Waals surface area contributed by atoms with E-state index in [0.29, 0.717) is 35.8 Å².